The van der Waals surface area contributed by atoms with Gasteiger partial charge in [0, 0.05) is 17.7 Å². The second kappa shape index (κ2) is 7.40. The third-order valence-electron chi connectivity index (χ3n) is 4.25. The van der Waals surface area contributed by atoms with Gasteiger partial charge in [0.05, 0.1) is 12.7 Å². The van der Waals surface area contributed by atoms with E-state index < -0.39 is 18.4 Å². The maximum atomic E-state index is 12.2. The van der Waals surface area contributed by atoms with Crippen molar-refractivity contribution in [1.82, 2.24) is 9.55 Å². The number of hydrogen-bond donors (Lipinski definition) is 3. The number of anilines is 1. The van der Waals surface area contributed by atoms with Crippen LogP contribution in [0.25, 0.3) is 0 Å². The van der Waals surface area contributed by atoms with Gasteiger partial charge in [-0.25, -0.2) is 4.98 Å². The summed E-state index contributed by atoms with van der Waals surface area (Å²) in [5.74, 6) is -0.197. The average molecular weight is 361 g/mol. The number of nitrogens with one attached hydrogen (secondary N) is 1. The quantitative estimate of drug-likeness (QED) is 0.718. The van der Waals surface area contributed by atoms with Gasteiger partial charge in [-0.3, -0.25) is 9.36 Å². The van der Waals surface area contributed by atoms with Crippen molar-refractivity contribution in [2.75, 3.05) is 11.9 Å². The summed E-state index contributed by atoms with van der Waals surface area (Å²) in [6.07, 6.45) is -0.302. The lowest BCUT2D eigenvalue weighted by molar-refractivity contribution is -0.0469. The van der Waals surface area contributed by atoms with Crippen LogP contribution >= 0.6 is 12.2 Å². The van der Waals surface area contributed by atoms with Gasteiger partial charge in [-0.05, 0) is 30.4 Å². The molecule has 1 aliphatic rings. The van der Waals surface area contributed by atoms with Crippen molar-refractivity contribution in [3.05, 3.63) is 52.9 Å². The third kappa shape index (κ3) is 3.62. The molecule has 132 valence electrons. The van der Waals surface area contributed by atoms with Gasteiger partial charge in [-0.2, -0.15) is 0 Å². The molecule has 4 atom stereocenters. The summed E-state index contributed by atoms with van der Waals surface area (Å²) in [7, 11) is 0. The molecule has 3 N–H and O–H groups in total. The summed E-state index contributed by atoms with van der Waals surface area (Å²) in [4.78, 5) is 16.4. The van der Waals surface area contributed by atoms with Crippen molar-refractivity contribution >= 4 is 23.9 Å². The molecule has 0 saturated carbocycles. The summed E-state index contributed by atoms with van der Waals surface area (Å²) < 4.78 is 7.49. The lowest BCUT2D eigenvalue weighted by Gasteiger charge is -2.19. The smallest absolute Gasteiger partial charge is 0.256 e. The molecule has 0 unspecified atom stereocenters. The number of nitrogens with zero attached hydrogens (tertiary/aromatic N) is 2. The molecule has 8 heteroatoms. The fourth-order valence-corrected chi connectivity index (χ4v) is 3.08. The first-order valence-electron chi connectivity index (χ1n) is 7.91. The fraction of sp³-hybridized carbons (Fsp3) is 0.353. The second-order valence-corrected chi connectivity index (χ2v) is 6.29. The average Bonchev–Trinajstić information content (AvgIpc) is 2.91. The highest BCUT2D eigenvalue weighted by atomic mass is 32.1. The number of hydrogen-bond acceptors (Lipinski definition) is 6. The molecule has 25 heavy (non-hydrogen) atoms. The fourth-order valence-electron chi connectivity index (χ4n) is 2.81. The number of benzene rings is 1. The zero-order chi connectivity index (χ0) is 18.0. The van der Waals surface area contributed by atoms with E-state index in [1.807, 2.05) is 13.0 Å². The van der Waals surface area contributed by atoms with Crippen LogP contribution in [0.1, 0.15) is 23.5 Å². The van der Waals surface area contributed by atoms with Gasteiger partial charge in [0.25, 0.3) is 5.91 Å². The molecule has 3 rings (SSSR count). The van der Waals surface area contributed by atoms with Crippen LogP contribution in [-0.2, 0) is 4.74 Å². The molecule has 1 aromatic heterocycles. The van der Waals surface area contributed by atoms with Gasteiger partial charge in [0.2, 0.25) is 4.77 Å². The maximum absolute atomic E-state index is 12.2. The lowest BCUT2D eigenvalue weighted by Crippen LogP contribution is -2.28. The normalized spacial score (nSPS) is 25.7. The highest BCUT2D eigenvalue weighted by Crippen LogP contribution is 2.34. The van der Waals surface area contributed by atoms with E-state index in [1.54, 1.807) is 41.1 Å². The van der Waals surface area contributed by atoms with Crippen LogP contribution < -0.4 is 5.32 Å². The second-order valence-electron chi connectivity index (χ2n) is 5.92. The molecule has 1 saturated heterocycles. The molecule has 1 fully saturated rings. The minimum atomic E-state index is -0.783. The Balaban J connectivity index is 1.78. The van der Waals surface area contributed by atoms with Gasteiger partial charge < -0.3 is 20.3 Å². The molecule has 0 aliphatic carbocycles. The molecular formula is C17H19N3O4S. The first-order chi connectivity index (χ1) is 12.0. The molecule has 1 amide bonds. The largest absolute Gasteiger partial charge is 0.394 e. The number of ether oxygens (including phenoxy) is 1. The summed E-state index contributed by atoms with van der Waals surface area (Å²) >= 11 is 5.29. The number of carbonyl (C=O) groups is 1. The highest BCUT2D eigenvalue weighted by Gasteiger charge is 2.41. The van der Waals surface area contributed by atoms with E-state index in [0.717, 1.165) is 0 Å². The molecule has 2 heterocycles. The van der Waals surface area contributed by atoms with E-state index in [9.17, 15) is 15.0 Å². The molecule has 2 aromatic rings. The van der Waals surface area contributed by atoms with Crippen molar-refractivity contribution in [3.8, 4) is 0 Å². The Morgan fingerprint density at radius 3 is 2.68 bits per heavy atom. The maximum Gasteiger partial charge on any atom is 0.256 e. The Labute approximate surface area is 149 Å². The Morgan fingerprint density at radius 2 is 2.08 bits per heavy atom. The number of aromatic nitrogens is 2. The van der Waals surface area contributed by atoms with E-state index in [4.69, 9.17) is 17.0 Å². The van der Waals surface area contributed by atoms with Crippen molar-refractivity contribution in [3.63, 3.8) is 0 Å². The number of aliphatic hydroxyl groups excluding tert-OH is 2. The monoisotopic (exact) mass is 361 g/mol. The summed E-state index contributed by atoms with van der Waals surface area (Å²) in [5.41, 5.74) is 0.522. The van der Waals surface area contributed by atoms with Gasteiger partial charge in [-0.1, -0.05) is 25.1 Å². The Morgan fingerprint density at radius 1 is 1.36 bits per heavy atom. The number of carbonyl (C=O) groups excluding carboxylic acids is 1. The molecular weight excluding hydrogens is 342 g/mol. The summed E-state index contributed by atoms with van der Waals surface area (Å²) in [6, 6.07) is 10.4. The number of amides is 1. The molecule has 0 bridgehead atoms. The molecule has 1 aromatic carbocycles. The number of rotatable bonds is 4. The van der Waals surface area contributed by atoms with E-state index in [-0.39, 0.29) is 23.2 Å². The predicted octanol–water partition coefficient (Wildman–Crippen LogP) is 1.75. The van der Waals surface area contributed by atoms with E-state index in [0.29, 0.717) is 11.4 Å². The zero-order valence-corrected chi connectivity index (χ0v) is 14.4. The van der Waals surface area contributed by atoms with Crippen LogP contribution in [0, 0.1) is 10.7 Å². The Bertz CT molecular complexity index is 811. The zero-order valence-electron chi connectivity index (χ0n) is 13.6. The Hall–Kier alpha value is -2.13. The van der Waals surface area contributed by atoms with Gasteiger partial charge in [0.15, 0.2) is 0 Å². The van der Waals surface area contributed by atoms with Crippen molar-refractivity contribution in [2.24, 2.45) is 5.92 Å². The minimum absolute atomic E-state index is 0.216. The summed E-state index contributed by atoms with van der Waals surface area (Å²) in [5, 5.41) is 22.0. The third-order valence-corrected chi connectivity index (χ3v) is 4.55. The van der Waals surface area contributed by atoms with E-state index in [1.165, 1.54) is 0 Å². The van der Waals surface area contributed by atoms with Crippen LogP contribution in [0.2, 0.25) is 0 Å². The molecule has 0 spiro atoms. The van der Waals surface area contributed by atoms with Crippen LogP contribution in [0.4, 0.5) is 5.82 Å². The molecule has 7 nitrogen and oxygen atoms in total. The van der Waals surface area contributed by atoms with Crippen LogP contribution in [0.3, 0.4) is 0 Å². The van der Waals surface area contributed by atoms with Crippen LogP contribution in [0.5, 0.6) is 0 Å². The Kier molecular flexibility index (Phi) is 5.24. The first-order valence-corrected chi connectivity index (χ1v) is 8.32. The van der Waals surface area contributed by atoms with Gasteiger partial charge in [0.1, 0.15) is 18.1 Å². The van der Waals surface area contributed by atoms with Crippen molar-refractivity contribution in [2.45, 2.75) is 25.4 Å². The van der Waals surface area contributed by atoms with E-state index >= 15 is 0 Å². The van der Waals surface area contributed by atoms with Gasteiger partial charge >= 0.3 is 0 Å². The molecule has 0 radical (unpaired) electrons. The topological polar surface area (TPSA) is 96.6 Å². The first kappa shape index (κ1) is 17.7. The lowest BCUT2D eigenvalue weighted by atomic mass is 10.0. The van der Waals surface area contributed by atoms with Gasteiger partial charge in [-0.15, -0.1) is 0 Å². The highest BCUT2D eigenvalue weighted by molar-refractivity contribution is 7.71. The minimum Gasteiger partial charge on any atom is -0.394 e. The molecule has 1 aliphatic heterocycles. The number of aliphatic hydroxyl groups is 2. The predicted molar refractivity (Wildman–Crippen MR) is 93.6 cm³/mol. The van der Waals surface area contributed by atoms with Crippen LogP contribution in [0.15, 0.2) is 42.6 Å². The van der Waals surface area contributed by atoms with Crippen LogP contribution in [-0.4, -0.2) is 44.5 Å². The summed E-state index contributed by atoms with van der Waals surface area (Å²) in [6.45, 7) is 1.55. The standard InChI is InChI=1S/C17H19N3O4S/c1-10-14(22)12(9-21)24-16(10)20-8-7-13(19-17(20)25)18-15(23)11-5-3-2-4-6-11/h2-8,10,12,14,16,21-22H,9H2,1H3,(H,18,19,23,25)/t10-,12-,14+,16-/m1/s1. The van der Waals surface area contributed by atoms with Crippen molar-refractivity contribution in [1.29, 1.82) is 0 Å². The SMILES string of the molecule is C[C@@H]1[C@H](O)[C@@H](CO)O[C@H]1n1ccc(NC(=O)c2ccccc2)nc1=S. The van der Waals surface area contributed by atoms with Crippen molar-refractivity contribution < 1.29 is 19.7 Å². The van der Waals surface area contributed by atoms with E-state index in [2.05, 4.69) is 10.3 Å².